The monoisotopic (exact) mass is 224 g/mol. The second-order valence-corrected chi connectivity index (χ2v) is 3.41. The number of thiol groups is 1. The summed E-state index contributed by atoms with van der Waals surface area (Å²) in [5.74, 6) is 1.61. The molecule has 0 unspecified atom stereocenters. The lowest BCUT2D eigenvalue weighted by molar-refractivity contribution is 0.184. The summed E-state index contributed by atoms with van der Waals surface area (Å²) < 4.78 is 10.6. The molecular formula is C12H16O2S. The fourth-order valence-electron chi connectivity index (χ4n) is 1.18. The minimum atomic E-state index is 0.580. The lowest BCUT2D eigenvalue weighted by atomic mass is 10.2. The lowest BCUT2D eigenvalue weighted by Crippen LogP contribution is -1.95. The average Bonchev–Trinajstić information content (AvgIpc) is 2.26. The molecular weight excluding hydrogens is 208 g/mol. The van der Waals surface area contributed by atoms with Gasteiger partial charge in [0.15, 0.2) is 0 Å². The number of hydrogen-bond donors (Lipinski definition) is 1. The van der Waals surface area contributed by atoms with Crippen molar-refractivity contribution in [1.82, 2.24) is 0 Å². The Morgan fingerprint density at radius 1 is 1.33 bits per heavy atom. The molecule has 82 valence electrons. The van der Waals surface area contributed by atoms with Gasteiger partial charge in [-0.15, -0.1) is 0 Å². The first-order valence-corrected chi connectivity index (χ1v) is 5.46. The zero-order chi connectivity index (χ0) is 10.9. The van der Waals surface area contributed by atoms with Crippen LogP contribution in [0.1, 0.15) is 5.56 Å². The smallest absolute Gasteiger partial charge is 0.120 e. The molecule has 0 fully saturated rings. The van der Waals surface area contributed by atoms with E-state index in [0.29, 0.717) is 13.2 Å². The van der Waals surface area contributed by atoms with Gasteiger partial charge < -0.3 is 9.47 Å². The fourth-order valence-corrected chi connectivity index (χ4v) is 1.33. The second kappa shape index (κ2) is 7.37. The van der Waals surface area contributed by atoms with E-state index >= 15 is 0 Å². The maximum Gasteiger partial charge on any atom is 0.120 e. The van der Waals surface area contributed by atoms with Gasteiger partial charge in [0.2, 0.25) is 0 Å². The van der Waals surface area contributed by atoms with E-state index in [9.17, 15) is 0 Å². The van der Waals surface area contributed by atoms with Crippen molar-refractivity contribution in [1.29, 1.82) is 0 Å². The summed E-state index contributed by atoms with van der Waals surface area (Å²) in [4.78, 5) is 0. The highest BCUT2D eigenvalue weighted by Crippen LogP contribution is 2.13. The number of ether oxygens (including phenoxy) is 2. The van der Waals surface area contributed by atoms with Gasteiger partial charge in [0.1, 0.15) is 12.4 Å². The van der Waals surface area contributed by atoms with Gasteiger partial charge in [0.25, 0.3) is 0 Å². The van der Waals surface area contributed by atoms with Gasteiger partial charge in [-0.3, -0.25) is 0 Å². The molecule has 0 bridgehead atoms. The quantitative estimate of drug-likeness (QED) is 0.591. The molecule has 0 N–H and O–H groups in total. The first-order valence-electron chi connectivity index (χ1n) is 4.83. The Hall–Kier alpha value is -0.930. The van der Waals surface area contributed by atoms with Crippen LogP contribution < -0.4 is 4.74 Å². The molecule has 0 radical (unpaired) electrons. The SMILES string of the molecule is COCc1cccc(OCC=CCS)c1. The van der Waals surface area contributed by atoms with Crippen LogP contribution in [0.3, 0.4) is 0 Å². The summed E-state index contributed by atoms with van der Waals surface area (Å²) >= 11 is 4.07. The summed E-state index contributed by atoms with van der Waals surface area (Å²) in [6.45, 7) is 1.20. The summed E-state index contributed by atoms with van der Waals surface area (Å²) in [6, 6.07) is 7.90. The normalized spacial score (nSPS) is 10.8. The lowest BCUT2D eigenvalue weighted by Gasteiger charge is -2.05. The second-order valence-electron chi connectivity index (χ2n) is 3.05. The van der Waals surface area contributed by atoms with Crippen LogP contribution in [0.2, 0.25) is 0 Å². The molecule has 0 saturated carbocycles. The molecule has 0 aliphatic carbocycles. The van der Waals surface area contributed by atoms with Crippen LogP contribution in [0.15, 0.2) is 36.4 Å². The van der Waals surface area contributed by atoms with Crippen LogP contribution in [0.25, 0.3) is 0 Å². The Labute approximate surface area is 96.3 Å². The molecule has 0 aromatic heterocycles. The highest BCUT2D eigenvalue weighted by atomic mass is 32.1. The summed E-state index contributed by atoms with van der Waals surface area (Å²) in [7, 11) is 1.68. The van der Waals surface area contributed by atoms with E-state index in [1.54, 1.807) is 7.11 Å². The van der Waals surface area contributed by atoms with Crippen molar-refractivity contribution in [3.05, 3.63) is 42.0 Å². The predicted octanol–water partition coefficient (Wildman–Crippen LogP) is 2.70. The van der Waals surface area contributed by atoms with Crippen molar-refractivity contribution in [3.63, 3.8) is 0 Å². The Morgan fingerprint density at radius 3 is 2.93 bits per heavy atom. The number of methoxy groups -OCH3 is 1. The van der Waals surface area contributed by atoms with Crippen molar-refractivity contribution in [2.45, 2.75) is 6.61 Å². The van der Waals surface area contributed by atoms with E-state index in [2.05, 4.69) is 12.6 Å². The van der Waals surface area contributed by atoms with Gasteiger partial charge >= 0.3 is 0 Å². The molecule has 0 saturated heterocycles. The predicted molar refractivity (Wildman–Crippen MR) is 65.6 cm³/mol. The highest BCUT2D eigenvalue weighted by Gasteiger charge is 1.95. The first kappa shape index (κ1) is 12.1. The Morgan fingerprint density at radius 2 is 2.20 bits per heavy atom. The third-order valence-corrected chi connectivity index (χ3v) is 2.04. The van der Waals surface area contributed by atoms with Crippen LogP contribution in [-0.2, 0) is 11.3 Å². The van der Waals surface area contributed by atoms with Gasteiger partial charge in [0.05, 0.1) is 6.61 Å². The molecule has 0 amide bonds. The molecule has 0 aliphatic rings. The molecule has 1 rings (SSSR count). The van der Waals surface area contributed by atoms with E-state index in [-0.39, 0.29) is 0 Å². The van der Waals surface area contributed by atoms with Gasteiger partial charge in [-0.25, -0.2) is 0 Å². The minimum Gasteiger partial charge on any atom is -0.490 e. The van der Waals surface area contributed by atoms with Gasteiger partial charge in [-0.05, 0) is 17.7 Å². The zero-order valence-electron chi connectivity index (χ0n) is 8.85. The molecule has 15 heavy (non-hydrogen) atoms. The standard InChI is InChI=1S/C12H16O2S/c1-13-10-11-5-4-6-12(9-11)14-7-2-3-8-15/h2-6,9,15H,7-8,10H2,1H3. The third-order valence-electron chi connectivity index (χ3n) is 1.83. The number of rotatable bonds is 6. The summed E-state index contributed by atoms with van der Waals surface area (Å²) in [5, 5.41) is 0. The maximum atomic E-state index is 5.52. The third kappa shape index (κ3) is 4.91. The van der Waals surface area contributed by atoms with Crippen molar-refractivity contribution in [2.24, 2.45) is 0 Å². The van der Waals surface area contributed by atoms with Crippen LogP contribution in [0, 0.1) is 0 Å². The fraction of sp³-hybridized carbons (Fsp3) is 0.333. The van der Waals surface area contributed by atoms with Crippen LogP contribution >= 0.6 is 12.6 Å². The molecule has 0 atom stereocenters. The summed E-state index contributed by atoms with van der Waals surface area (Å²) in [5.41, 5.74) is 1.12. The van der Waals surface area contributed by atoms with E-state index < -0.39 is 0 Å². The van der Waals surface area contributed by atoms with Gasteiger partial charge in [-0.2, -0.15) is 12.6 Å². The van der Waals surface area contributed by atoms with Crippen molar-refractivity contribution in [2.75, 3.05) is 19.5 Å². The van der Waals surface area contributed by atoms with E-state index in [1.807, 2.05) is 36.4 Å². The van der Waals surface area contributed by atoms with Crippen LogP contribution in [-0.4, -0.2) is 19.5 Å². The molecule has 2 nitrogen and oxygen atoms in total. The maximum absolute atomic E-state index is 5.52. The van der Waals surface area contributed by atoms with Crippen LogP contribution in [0.5, 0.6) is 5.75 Å². The zero-order valence-corrected chi connectivity index (χ0v) is 9.74. The van der Waals surface area contributed by atoms with E-state index in [4.69, 9.17) is 9.47 Å². The summed E-state index contributed by atoms with van der Waals surface area (Å²) in [6.07, 6.45) is 3.91. The van der Waals surface area contributed by atoms with Crippen LogP contribution in [0.4, 0.5) is 0 Å². The molecule has 0 spiro atoms. The highest BCUT2D eigenvalue weighted by molar-refractivity contribution is 7.80. The molecule has 1 aromatic carbocycles. The topological polar surface area (TPSA) is 18.5 Å². The molecule has 0 aliphatic heterocycles. The number of hydrogen-bond acceptors (Lipinski definition) is 3. The van der Waals surface area contributed by atoms with E-state index in [0.717, 1.165) is 17.1 Å². The molecule has 0 heterocycles. The largest absolute Gasteiger partial charge is 0.490 e. The van der Waals surface area contributed by atoms with Crippen molar-refractivity contribution in [3.8, 4) is 5.75 Å². The Bertz CT molecular complexity index is 310. The average molecular weight is 224 g/mol. The molecule has 1 aromatic rings. The van der Waals surface area contributed by atoms with E-state index in [1.165, 1.54) is 0 Å². The Balaban J connectivity index is 2.46. The molecule has 3 heteroatoms. The van der Waals surface area contributed by atoms with Crippen molar-refractivity contribution >= 4 is 12.6 Å². The van der Waals surface area contributed by atoms with Gasteiger partial charge in [-0.1, -0.05) is 24.3 Å². The van der Waals surface area contributed by atoms with Gasteiger partial charge in [0, 0.05) is 12.9 Å². The number of benzene rings is 1. The van der Waals surface area contributed by atoms with Crippen molar-refractivity contribution < 1.29 is 9.47 Å². The minimum absolute atomic E-state index is 0.580. The Kier molecular flexibility index (Phi) is 5.97. The first-order chi connectivity index (χ1) is 7.36.